The summed E-state index contributed by atoms with van der Waals surface area (Å²) in [5, 5.41) is 3.54. The molecule has 4 rings (SSSR count). The molecule has 1 aromatic heterocycles. The largest absolute Gasteiger partial charge is 0.495 e. The molecule has 0 aliphatic carbocycles. The van der Waals surface area contributed by atoms with E-state index >= 15 is 4.39 Å². The molecule has 0 saturated heterocycles. The SMILES string of the molecule is C=C1C=Cc2cc(S(=O)(=O)Nc3ccon3)ccc2N1c1cc(F)c(C(C)(C)CC(F)(F)F)cc1OC. The predicted octanol–water partition coefficient (Wildman–Crippen LogP) is 6.53. The molecule has 37 heavy (non-hydrogen) atoms. The molecule has 0 unspecified atom stereocenters. The molecule has 0 atom stereocenters. The van der Waals surface area contributed by atoms with Crippen LogP contribution in [0.4, 0.5) is 34.8 Å². The fourth-order valence-corrected chi connectivity index (χ4v) is 5.22. The third kappa shape index (κ3) is 5.33. The van der Waals surface area contributed by atoms with Crippen molar-refractivity contribution >= 4 is 33.3 Å². The molecule has 0 spiro atoms. The Balaban J connectivity index is 1.76. The Labute approximate surface area is 211 Å². The van der Waals surface area contributed by atoms with Gasteiger partial charge in [0.1, 0.15) is 17.8 Å². The van der Waals surface area contributed by atoms with Gasteiger partial charge in [-0.05, 0) is 41.5 Å². The maximum absolute atomic E-state index is 15.3. The molecule has 1 aliphatic heterocycles. The Morgan fingerprint density at radius 3 is 2.46 bits per heavy atom. The number of anilines is 3. The maximum atomic E-state index is 15.3. The molecule has 7 nitrogen and oxygen atoms in total. The lowest BCUT2D eigenvalue weighted by molar-refractivity contribution is -0.145. The Morgan fingerprint density at radius 2 is 1.84 bits per heavy atom. The van der Waals surface area contributed by atoms with Crippen LogP contribution in [0, 0.1) is 5.82 Å². The Hall–Kier alpha value is -3.80. The zero-order chi connectivity index (χ0) is 27.2. The number of sulfonamides is 1. The van der Waals surface area contributed by atoms with Crippen LogP contribution in [0.25, 0.3) is 6.08 Å². The first-order valence-corrected chi connectivity index (χ1v) is 12.4. The first kappa shape index (κ1) is 26.3. The summed E-state index contributed by atoms with van der Waals surface area (Å²) in [7, 11) is -2.67. The number of benzene rings is 2. The summed E-state index contributed by atoms with van der Waals surface area (Å²) >= 11 is 0. The van der Waals surface area contributed by atoms with Crippen LogP contribution < -0.4 is 14.4 Å². The van der Waals surface area contributed by atoms with E-state index in [1.807, 2.05) is 0 Å². The van der Waals surface area contributed by atoms with E-state index in [1.54, 1.807) is 17.1 Å². The fourth-order valence-electron chi connectivity index (χ4n) is 4.19. The van der Waals surface area contributed by atoms with Crippen LogP contribution in [-0.2, 0) is 15.4 Å². The Bertz CT molecular complexity index is 1480. The van der Waals surface area contributed by atoms with Crippen LogP contribution in [0.15, 0.2) is 70.4 Å². The number of methoxy groups -OCH3 is 1. The van der Waals surface area contributed by atoms with Gasteiger partial charge in [0.2, 0.25) is 0 Å². The number of hydrogen-bond acceptors (Lipinski definition) is 6. The van der Waals surface area contributed by atoms with E-state index < -0.39 is 33.9 Å². The highest BCUT2D eigenvalue weighted by Crippen LogP contribution is 2.46. The molecular weight excluding hydrogens is 514 g/mol. The second-order valence-electron chi connectivity index (χ2n) is 9.05. The minimum absolute atomic E-state index is 0.0111. The lowest BCUT2D eigenvalue weighted by atomic mass is 9.80. The number of ether oxygens (including phenoxy) is 1. The van der Waals surface area contributed by atoms with Crippen molar-refractivity contribution in [2.75, 3.05) is 16.7 Å². The van der Waals surface area contributed by atoms with Crippen molar-refractivity contribution in [1.82, 2.24) is 5.16 Å². The van der Waals surface area contributed by atoms with Gasteiger partial charge in [-0.25, -0.2) is 12.8 Å². The van der Waals surface area contributed by atoms with Crippen LogP contribution >= 0.6 is 0 Å². The smallest absolute Gasteiger partial charge is 0.389 e. The van der Waals surface area contributed by atoms with Crippen LogP contribution in [-0.4, -0.2) is 26.9 Å². The standard InChI is InChI=1S/C25H23F4N3O4S/c1-15-5-6-16-11-17(37(33,34)31-23-9-10-36-30-23)7-8-20(16)32(15)21-13-19(26)18(12-22(21)35-4)24(2,3)14-25(27,28)29/h5-13H,1,14H2,2-4H3,(H,30,31). The third-order valence-corrected chi connectivity index (χ3v) is 7.20. The first-order valence-electron chi connectivity index (χ1n) is 10.9. The van der Waals surface area contributed by atoms with Gasteiger partial charge in [-0.3, -0.25) is 4.72 Å². The molecule has 196 valence electrons. The molecule has 0 bridgehead atoms. The van der Waals surface area contributed by atoms with Crippen LogP contribution in [0.5, 0.6) is 5.75 Å². The molecule has 0 radical (unpaired) electrons. The van der Waals surface area contributed by atoms with E-state index in [-0.39, 0.29) is 27.7 Å². The number of nitrogens with zero attached hydrogens (tertiary/aromatic N) is 2. The van der Waals surface area contributed by atoms with Gasteiger partial charge >= 0.3 is 6.18 Å². The molecule has 3 aromatic rings. The number of halogens is 4. The normalized spacial score (nSPS) is 14.0. The van der Waals surface area contributed by atoms with Crippen molar-refractivity contribution in [3.05, 3.63) is 78.0 Å². The number of rotatable bonds is 7. The van der Waals surface area contributed by atoms with Crippen LogP contribution in [0.2, 0.25) is 0 Å². The molecule has 1 aliphatic rings. The lowest BCUT2D eigenvalue weighted by Crippen LogP contribution is -2.28. The molecule has 1 N–H and O–H groups in total. The van der Waals surface area contributed by atoms with Gasteiger partial charge in [0, 0.05) is 23.2 Å². The van der Waals surface area contributed by atoms with E-state index in [4.69, 9.17) is 4.74 Å². The molecule has 2 aromatic carbocycles. The maximum Gasteiger partial charge on any atom is 0.389 e. The average molecular weight is 538 g/mol. The molecule has 0 fully saturated rings. The molecular formula is C25H23F4N3O4S. The monoisotopic (exact) mass is 537 g/mol. The van der Waals surface area contributed by atoms with Crippen molar-refractivity contribution in [3.8, 4) is 5.75 Å². The van der Waals surface area contributed by atoms with Gasteiger partial charge in [-0.1, -0.05) is 31.7 Å². The van der Waals surface area contributed by atoms with Gasteiger partial charge in [0.15, 0.2) is 5.82 Å². The molecule has 2 heterocycles. The van der Waals surface area contributed by atoms with Crippen LogP contribution in [0.1, 0.15) is 31.4 Å². The minimum atomic E-state index is -4.49. The number of hydrogen-bond donors (Lipinski definition) is 1. The zero-order valence-corrected chi connectivity index (χ0v) is 20.9. The number of alkyl halides is 3. The number of aromatic nitrogens is 1. The van der Waals surface area contributed by atoms with E-state index in [0.717, 1.165) is 6.07 Å². The van der Waals surface area contributed by atoms with Crippen molar-refractivity contribution in [1.29, 1.82) is 0 Å². The van der Waals surface area contributed by atoms with E-state index in [1.165, 1.54) is 57.6 Å². The molecule has 0 amide bonds. The van der Waals surface area contributed by atoms with Gasteiger partial charge in [-0.2, -0.15) is 13.2 Å². The first-order chi connectivity index (χ1) is 17.2. The number of nitrogens with one attached hydrogen (secondary N) is 1. The highest BCUT2D eigenvalue weighted by Gasteiger charge is 2.39. The second-order valence-corrected chi connectivity index (χ2v) is 10.7. The molecule has 12 heteroatoms. The van der Waals surface area contributed by atoms with E-state index in [2.05, 4.69) is 21.0 Å². The summed E-state index contributed by atoms with van der Waals surface area (Å²) in [6.07, 6.45) is -1.25. The lowest BCUT2D eigenvalue weighted by Gasteiger charge is -2.33. The van der Waals surface area contributed by atoms with E-state index in [0.29, 0.717) is 16.9 Å². The third-order valence-electron chi connectivity index (χ3n) is 5.85. The summed E-state index contributed by atoms with van der Waals surface area (Å²) in [4.78, 5) is 1.48. The minimum Gasteiger partial charge on any atom is -0.495 e. The van der Waals surface area contributed by atoms with Crippen molar-refractivity contribution in [3.63, 3.8) is 0 Å². The topological polar surface area (TPSA) is 84.7 Å². The predicted molar refractivity (Wildman–Crippen MR) is 131 cm³/mol. The van der Waals surface area contributed by atoms with Crippen molar-refractivity contribution in [2.45, 2.75) is 36.8 Å². The summed E-state index contributed by atoms with van der Waals surface area (Å²) in [6, 6.07) is 7.98. The fraction of sp³-hybridized carbons (Fsp3) is 0.240. The highest BCUT2D eigenvalue weighted by molar-refractivity contribution is 7.92. The van der Waals surface area contributed by atoms with Crippen molar-refractivity contribution < 1.29 is 35.2 Å². The highest BCUT2D eigenvalue weighted by atomic mass is 32.2. The number of allylic oxidation sites excluding steroid dienone is 1. The summed E-state index contributed by atoms with van der Waals surface area (Å²) in [6.45, 7) is 6.60. The summed E-state index contributed by atoms with van der Waals surface area (Å²) in [5.74, 6) is -0.708. The average Bonchev–Trinajstić information content (AvgIpc) is 3.29. The van der Waals surface area contributed by atoms with Gasteiger partial charge in [0.05, 0.1) is 29.8 Å². The quantitative estimate of drug-likeness (QED) is 0.345. The number of fused-ring (bicyclic) bond motifs is 1. The Morgan fingerprint density at radius 1 is 1.11 bits per heavy atom. The van der Waals surface area contributed by atoms with Crippen molar-refractivity contribution in [2.24, 2.45) is 0 Å². The Kier molecular flexibility index (Phi) is 6.57. The summed E-state index contributed by atoms with van der Waals surface area (Å²) in [5.41, 5.74) is -0.163. The summed E-state index contributed by atoms with van der Waals surface area (Å²) < 4.78 is 92.6. The second kappa shape index (κ2) is 9.25. The van der Waals surface area contributed by atoms with Crippen LogP contribution in [0.3, 0.4) is 0 Å². The zero-order valence-electron chi connectivity index (χ0n) is 20.1. The molecule has 0 saturated carbocycles. The van der Waals surface area contributed by atoms with Gasteiger partial charge < -0.3 is 14.2 Å². The van der Waals surface area contributed by atoms with Gasteiger partial charge in [0.25, 0.3) is 10.0 Å². The van der Waals surface area contributed by atoms with E-state index in [9.17, 15) is 21.6 Å². The van der Waals surface area contributed by atoms with Gasteiger partial charge in [-0.15, -0.1) is 0 Å².